The first-order chi connectivity index (χ1) is 11.3. The molecular weight excluding hydrogens is 288 g/mol. The molecule has 2 heterocycles. The van der Waals surface area contributed by atoms with Gasteiger partial charge in [-0.25, -0.2) is 4.98 Å². The van der Waals surface area contributed by atoms with E-state index >= 15 is 0 Å². The van der Waals surface area contributed by atoms with Crippen molar-refractivity contribution < 1.29 is 4.79 Å². The number of benzene rings is 1. The van der Waals surface area contributed by atoms with Gasteiger partial charge in [0.2, 0.25) is 5.91 Å². The van der Waals surface area contributed by atoms with Crippen molar-refractivity contribution in [1.29, 1.82) is 0 Å². The zero-order chi connectivity index (χ0) is 16.1. The highest BCUT2D eigenvalue weighted by Crippen LogP contribution is 2.23. The summed E-state index contributed by atoms with van der Waals surface area (Å²) in [4.78, 5) is 18.5. The maximum atomic E-state index is 11.7. The third-order valence-electron chi connectivity index (χ3n) is 4.09. The number of nitrogens with zero attached hydrogens (tertiary/aromatic N) is 2. The van der Waals surface area contributed by atoms with E-state index in [1.165, 1.54) is 11.1 Å². The second-order valence-electron chi connectivity index (χ2n) is 5.79. The molecular formula is C18H22N4O. The standard InChI is InChI=1S/C18H22N4O/c19-10-3-6-18(23)21-16-7-8-17(20-12-16)22-11-9-14-4-1-2-5-15(14)13-22/h1-2,4-5,7-8,12H,3,6,9-11,13,19H2,(H,21,23). The average Bonchev–Trinajstić information content (AvgIpc) is 2.60. The summed E-state index contributed by atoms with van der Waals surface area (Å²) in [7, 11) is 0. The van der Waals surface area contributed by atoms with Crippen molar-refractivity contribution in [2.45, 2.75) is 25.8 Å². The molecule has 23 heavy (non-hydrogen) atoms. The summed E-state index contributed by atoms with van der Waals surface area (Å²) in [5.41, 5.74) is 8.92. The predicted octanol–water partition coefficient (Wildman–Crippen LogP) is 2.32. The maximum absolute atomic E-state index is 11.7. The largest absolute Gasteiger partial charge is 0.352 e. The van der Waals surface area contributed by atoms with Crippen LogP contribution in [0, 0.1) is 0 Å². The van der Waals surface area contributed by atoms with Crippen LogP contribution in [0.25, 0.3) is 0 Å². The number of hydrogen-bond donors (Lipinski definition) is 2. The van der Waals surface area contributed by atoms with E-state index in [1.807, 2.05) is 12.1 Å². The molecule has 0 aliphatic carbocycles. The molecule has 0 saturated heterocycles. The lowest BCUT2D eigenvalue weighted by Crippen LogP contribution is -2.30. The second-order valence-corrected chi connectivity index (χ2v) is 5.79. The molecule has 1 aromatic heterocycles. The molecule has 0 bridgehead atoms. The molecule has 3 rings (SSSR count). The van der Waals surface area contributed by atoms with E-state index in [-0.39, 0.29) is 5.91 Å². The Morgan fingerprint density at radius 1 is 1.22 bits per heavy atom. The number of fused-ring (bicyclic) bond motifs is 1. The fourth-order valence-electron chi connectivity index (χ4n) is 2.82. The van der Waals surface area contributed by atoms with Gasteiger partial charge in [-0.3, -0.25) is 4.79 Å². The number of hydrogen-bond acceptors (Lipinski definition) is 4. The van der Waals surface area contributed by atoms with E-state index in [0.29, 0.717) is 19.4 Å². The van der Waals surface area contributed by atoms with Gasteiger partial charge in [-0.2, -0.15) is 0 Å². The van der Waals surface area contributed by atoms with Crippen molar-refractivity contribution in [3.63, 3.8) is 0 Å². The number of aromatic nitrogens is 1. The van der Waals surface area contributed by atoms with Gasteiger partial charge in [0, 0.05) is 19.5 Å². The number of carbonyl (C=O) groups excluding carboxylic acids is 1. The Hall–Kier alpha value is -2.40. The minimum Gasteiger partial charge on any atom is -0.352 e. The van der Waals surface area contributed by atoms with Gasteiger partial charge in [-0.1, -0.05) is 24.3 Å². The molecule has 0 unspecified atom stereocenters. The van der Waals surface area contributed by atoms with Gasteiger partial charge in [0.25, 0.3) is 0 Å². The van der Waals surface area contributed by atoms with Crippen molar-refractivity contribution in [3.8, 4) is 0 Å². The van der Waals surface area contributed by atoms with Crippen molar-refractivity contribution in [1.82, 2.24) is 4.98 Å². The highest BCUT2D eigenvalue weighted by atomic mass is 16.1. The summed E-state index contributed by atoms with van der Waals surface area (Å²) in [6.45, 7) is 2.37. The number of pyridine rings is 1. The van der Waals surface area contributed by atoms with E-state index < -0.39 is 0 Å². The summed E-state index contributed by atoms with van der Waals surface area (Å²) in [6.07, 6.45) is 3.90. The first-order valence-corrected chi connectivity index (χ1v) is 8.04. The number of nitrogens with two attached hydrogens (primary N) is 1. The number of carbonyl (C=O) groups is 1. The van der Waals surface area contributed by atoms with Crippen LogP contribution in [-0.2, 0) is 17.8 Å². The molecule has 120 valence electrons. The second kappa shape index (κ2) is 7.24. The molecule has 0 saturated carbocycles. The molecule has 5 nitrogen and oxygen atoms in total. The van der Waals surface area contributed by atoms with Gasteiger partial charge >= 0.3 is 0 Å². The van der Waals surface area contributed by atoms with Gasteiger partial charge in [0.05, 0.1) is 11.9 Å². The van der Waals surface area contributed by atoms with Gasteiger partial charge < -0.3 is 16.0 Å². The summed E-state index contributed by atoms with van der Waals surface area (Å²) in [5, 5.41) is 2.85. The minimum atomic E-state index is -0.0168. The first kappa shape index (κ1) is 15.5. The van der Waals surface area contributed by atoms with E-state index in [1.54, 1.807) is 6.20 Å². The fraction of sp³-hybridized carbons (Fsp3) is 0.333. The zero-order valence-corrected chi connectivity index (χ0v) is 13.2. The summed E-state index contributed by atoms with van der Waals surface area (Å²) >= 11 is 0. The topological polar surface area (TPSA) is 71.2 Å². The van der Waals surface area contributed by atoms with Gasteiger partial charge in [0.1, 0.15) is 5.82 Å². The SMILES string of the molecule is NCCCC(=O)Nc1ccc(N2CCc3ccccc3C2)nc1. The molecule has 1 aliphatic heterocycles. The Labute approximate surface area is 136 Å². The van der Waals surface area contributed by atoms with Crippen molar-refractivity contribution in [2.24, 2.45) is 5.73 Å². The van der Waals surface area contributed by atoms with Gasteiger partial charge in [-0.15, -0.1) is 0 Å². The Kier molecular flexibility index (Phi) is 4.88. The van der Waals surface area contributed by atoms with Crippen LogP contribution < -0.4 is 16.0 Å². The van der Waals surface area contributed by atoms with Crippen molar-refractivity contribution in [2.75, 3.05) is 23.3 Å². The highest BCUT2D eigenvalue weighted by Gasteiger charge is 2.16. The lowest BCUT2D eigenvalue weighted by atomic mass is 10.00. The minimum absolute atomic E-state index is 0.0168. The van der Waals surface area contributed by atoms with Crippen LogP contribution in [0.2, 0.25) is 0 Å². The predicted molar refractivity (Wildman–Crippen MR) is 92.4 cm³/mol. The molecule has 1 aromatic carbocycles. The number of nitrogens with one attached hydrogen (secondary N) is 1. The van der Waals surface area contributed by atoms with E-state index in [9.17, 15) is 4.79 Å². The monoisotopic (exact) mass is 310 g/mol. The molecule has 0 atom stereocenters. The first-order valence-electron chi connectivity index (χ1n) is 8.04. The molecule has 5 heteroatoms. The molecule has 2 aromatic rings. The van der Waals surface area contributed by atoms with Gasteiger partial charge in [0.15, 0.2) is 0 Å². The van der Waals surface area contributed by atoms with Gasteiger partial charge in [-0.05, 0) is 42.6 Å². The smallest absolute Gasteiger partial charge is 0.224 e. The molecule has 0 spiro atoms. The van der Waals surface area contributed by atoms with E-state index in [4.69, 9.17) is 5.73 Å². The fourth-order valence-corrected chi connectivity index (χ4v) is 2.82. The third-order valence-corrected chi connectivity index (χ3v) is 4.09. The zero-order valence-electron chi connectivity index (χ0n) is 13.2. The Morgan fingerprint density at radius 2 is 2.04 bits per heavy atom. The molecule has 0 fully saturated rings. The molecule has 1 amide bonds. The number of anilines is 2. The van der Waals surface area contributed by atoms with Crippen molar-refractivity contribution in [3.05, 3.63) is 53.7 Å². The van der Waals surface area contributed by atoms with Crippen LogP contribution in [0.3, 0.4) is 0 Å². The highest BCUT2D eigenvalue weighted by molar-refractivity contribution is 5.90. The molecule has 1 aliphatic rings. The lowest BCUT2D eigenvalue weighted by Gasteiger charge is -2.29. The number of amides is 1. The van der Waals surface area contributed by atoms with Crippen molar-refractivity contribution >= 4 is 17.4 Å². The quantitative estimate of drug-likeness (QED) is 0.889. The van der Waals surface area contributed by atoms with Crippen LogP contribution in [-0.4, -0.2) is 24.0 Å². The summed E-state index contributed by atoms with van der Waals surface area (Å²) in [6, 6.07) is 12.4. The third kappa shape index (κ3) is 3.87. The average molecular weight is 310 g/mol. The Bertz CT molecular complexity index is 669. The Morgan fingerprint density at radius 3 is 2.78 bits per heavy atom. The normalized spacial score (nSPS) is 13.5. The van der Waals surface area contributed by atoms with E-state index in [0.717, 1.165) is 31.0 Å². The van der Waals surface area contributed by atoms with Crippen LogP contribution in [0.1, 0.15) is 24.0 Å². The lowest BCUT2D eigenvalue weighted by molar-refractivity contribution is -0.116. The summed E-state index contributed by atoms with van der Waals surface area (Å²) < 4.78 is 0. The molecule has 0 radical (unpaired) electrons. The van der Waals surface area contributed by atoms with E-state index in [2.05, 4.69) is 39.5 Å². The van der Waals surface area contributed by atoms with Crippen LogP contribution in [0.4, 0.5) is 11.5 Å². The van der Waals surface area contributed by atoms with Crippen LogP contribution in [0.5, 0.6) is 0 Å². The maximum Gasteiger partial charge on any atom is 0.224 e. The summed E-state index contributed by atoms with van der Waals surface area (Å²) in [5.74, 6) is 0.927. The Balaban J connectivity index is 1.63. The van der Waals surface area contributed by atoms with Crippen LogP contribution in [0.15, 0.2) is 42.6 Å². The van der Waals surface area contributed by atoms with Crippen LogP contribution >= 0.6 is 0 Å². The molecule has 3 N–H and O–H groups in total. The number of rotatable bonds is 5.